The first-order valence-electron chi connectivity index (χ1n) is 16.4. The van der Waals surface area contributed by atoms with E-state index in [1.807, 2.05) is 0 Å². The maximum atomic E-state index is 12.5. The van der Waals surface area contributed by atoms with Crippen molar-refractivity contribution in [3.05, 3.63) is 66.2 Å². The molecule has 0 spiro atoms. The van der Waals surface area contributed by atoms with Crippen LogP contribution in [0.25, 0.3) is 28.4 Å². The molecule has 6 rings (SSSR count). The van der Waals surface area contributed by atoms with Gasteiger partial charge in [0.05, 0.1) is 24.3 Å². The number of aromatic hydroxyl groups is 6. The fourth-order valence-electron chi connectivity index (χ4n) is 5.89. The molecule has 18 heteroatoms. The van der Waals surface area contributed by atoms with E-state index in [2.05, 4.69) is 0 Å². The number of aliphatic hydroxyl groups excluding tert-OH is 5. The number of carbonyl (C=O) groups excluding carboxylic acids is 1. The fraction of sp³-hybridized carbons (Fsp3) is 0.333. The van der Waals surface area contributed by atoms with Gasteiger partial charge in [0.2, 0.25) is 12.0 Å². The van der Waals surface area contributed by atoms with E-state index in [9.17, 15) is 61.0 Å². The Kier molecular flexibility index (Phi) is 11.0. The Labute approximate surface area is 304 Å². The minimum Gasteiger partial charge on any atom is -0.507 e. The molecule has 0 bridgehead atoms. The van der Waals surface area contributed by atoms with Crippen LogP contribution in [0.2, 0.25) is 0 Å². The second-order valence-electron chi connectivity index (χ2n) is 12.7. The van der Waals surface area contributed by atoms with Gasteiger partial charge in [0, 0.05) is 24.3 Å². The van der Waals surface area contributed by atoms with Gasteiger partial charge >= 0.3 is 17.3 Å². The molecule has 2 aliphatic rings. The van der Waals surface area contributed by atoms with Crippen molar-refractivity contribution in [2.45, 2.75) is 68.3 Å². The summed E-state index contributed by atoms with van der Waals surface area (Å²) in [5, 5.41) is 113. The zero-order valence-electron chi connectivity index (χ0n) is 28.1. The number of phenols is 6. The monoisotopic (exact) mass is 757 g/mol. The first-order chi connectivity index (χ1) is 25.6. The van der Waals surface area contributed by atoms with Gasteiger partial charge in [-0.1, -0.05) is 6.07 Å². The van der Waals surface area contributed by atoms with Gasteiger partial charge in [-0.3, -0.25) is 0 Å². The lowest BCUT2D eigenvalue weighted by Crippen LogP contribution is -2.62. The molecule has 0 aliphatic carbocycles. The molecule has 10 atom stereocenters. The molecule has 11 N–H and O–H groups in total. The zero-order valence-corrected chi connectivity index (χ0v) is 28.1. The van der Waals surface area contributed by atoms with Gasteiger partial charge in [0.25, 0.3) is 0 Å². The third kappa shape index (κ3) is 7.91. The normalized spacial score (nSPS) is 28.6. The molecule has 2 fully saturated rings. The summed E-state index contributed by atoms with van der Waals surface area (Å²) in [7, 11) is 0. The summed E-state index contributed by atoms with van der Waals surface area (Å²) >= 11 is 0. The molecule has 18 nitrogen and oxygen atoms in total. The fourth-order valence-corrected chi connectivity index (χ4v) is 5.89. The minimum absolute atomic E-state index is 0.0274. The summed E-state index contributed by atoms with van der Waals surface area (Å²) in [6, 6.07) is 11.0. The number of hydrogen-bond donors (Lipinski definition) is 11. The molecular weight excluding hydrogens is 720 g/mol. The van der Waals surface area contributed by atoms with Crippen LogP contribution in [0, 0.1) is 0 Å². The van der Waals surface area contributed by atoms with Crippen LogP contribution in [0.1, 0.15) is 12.5 Å². The van der Waals surface area contributed by atoms with Crippen LogP contribution in [0.4, 0.5) is 0 Å². The molecule has 288 valence electrons. The number of rotatable bonds is 9. The summed E-state index contributed by atoms with van der Waals surface area (Å²) in [6.07, 6.45) is -14.0. The molecule has 4 aromatic rings. The van der Waals surface area contributed by atoms with Crippen molar-refractivity contribution < 1.29 is 89.1 Å². The van der Waals surface area contributed by atoms with E-state index in [0.29, 0.717) is 5.56 Å². The van der Waals surface area contributed by atoms with Gasteiger partial charge in [-0.05, 0) is 42.8 Å². The molecule has 54 heavy (non-hydrogen) atoms. The summed E-state index contributed by atoms with van der Waals surface area (Å²) in [5.74, 6) is -3.78. The average molecular weight is 758 g/mol. The number of carbonyl (C=O) groups is 1. The quantitative estimate of drug-likeness (QED) is 0.0489. The molecule has 1 aromatic heterocycles. The molecule has 2 saturated heterocycles. The predicted molar refractivity (Wildman–Crippen MR) is 181 cm³/mol. The lowest BCUT2D eigenvalue weighted by atomic mass is 9.98. The summed E-state index contributed by atoms with van der Waals surface area (Å²) in [6.45, 7) is 0.819. The van der Waals surface area contributed by atoms with E-state index in [1.54, 1.807) is 0 Å². The topological polar surface area (TPSA) is 297 Å². The number of phenolic OH excluding ortho intramolecular Hbond substituents is 6. The Morgan fingerprint density at radius 3 is 2.13 bits per heavy atom. The largest absolute Gasteiger partial charge is 0.507 e. The number of benzene rings is 3. The predicted octanol–water partition coefficient (Wildman–Crippen LogP) is 0.909. The SMILES string of the molecule is CC1O[C@@H](OCC2O[C@@H](Oc3cc4c(O)cc(O)cc4[o+]c3-c3ccc(O)c(O)c3)C(O)C(O)[C@@H]2O)C(O)[C@@H](O)[C@H]1OC(=O)/C=C/c1ccc(O)c(O)c1. The maximum Gasteiger partial charge on any atom is 0.402 e. The van der Waals surface area contributed by atoms with Gasteiger partial charge in [0.15, 0.2) is 35.4 Å². The highest BCUT2D eigenvalue weighted by atomic mass is 16.7. The molecule has 5 unspecified atom stereocenters. The Morgan fingerprint density at radius 2 is 1.43 bits per heavy atom. The summed E-state index contributed by atoms with van der Waals surface area (Å²) in [5.41, 5.74) is 0.456. The molecule has 3 heterocycles. The van der Waals surface area contributed by atoms with Crippen LogP contribution in [0.5, 0.6) is 40.2 Å². The van der Waals surface area contributed by atoms with E-state index < -0.39 is 97.0 Å². The standard InChI is InChI=1S/C36H36O18/c1-14-33(54-27(43)7-3-15-2-5-19(38)22(41)8-15)30(46)32(48)35(50-14)49-13-26-28(44)29(45)31(47)36(53-26)52-25-12-18-21(40)10-17(37)11-24(18)51-34(25)16-4-6-20(39)23(42)9-16/h2-12,14,26,28-33,35-36,44-48H,13H2,1H3,(H5-,37,38,39,40,41,42,43)/p+1/t14?,26?,28-,29?,30-,31?,32?,33+,35-,36-/m1/s1. The van der Waals surface area contributed by atoms with E-state index in [1.165, 1.54) is 49.4 Å². The number of fused-ring (bicyclic) bond motifs is 1. The highest BCUT2D eigenvalue weighted by molar-refractivity contribution is 5.89. The Morgan fingerprint density at radius 1 is 0.741 bits per heavy atom. The van der Waals surface area contributed by atoms with Crippen LogP contribution in [0.15, 0.2) is 65.1 Å². The molecule has 0 saturated carbocycles. The van der Waals surface area contributed by atoms with E-state index >= 15 is 0 Å². The minimum atomic E-state index is -1.89. The number of hydrogen-bond acceptors (Lipinski definition) is 17. The van der Waals surface area contributed by atoms with Gasteiger partial charge in [-0.25, -0.2) is 9.21 Å². The number of ether oxygens (including phenoxy) is 5. The Hall–Kier alpha value is -5.44. The summed E-state index contributed by atoms with van der Waals surface area (Å²) in [4.78, 5) is 12.5. The smallest absolute Gasteiger partial charge is 0.402 e. The van der Waals surface area contributed by atoms with Gasteiger partial charge < -0.3 is 79.9 Å². The Bertz CT molecular complexity index is 2030. The van der Waals surface area contributed by atoms with Crippen LogP contribution in [-0.4, -0.2) is 130 Å². The third-order valence-corrected chi connectivity index (χ3v) is 8.83. The molecule has 3 aromatic carbocycles. The van der Waals surface area contributed by atoms with Gasteiger partial charge in [-0.15, -0.1) is 0 Å². The highest BCUT2D eigenvalue weighted by Gasteiger charge is 2.49. The molecule has 2 aliphatic heterocycles. The van der Waals surface area contributed by atoms with Crippen LogP contribution < -0.4 is 4.74 Å². The van der Waals surface area contributed by atoms with Gasteiger partial charge in [-0.2, -0.15) is 0 Å². The first-order valence-corrected chi connectivity index (χ1v) is 16.4. The number of esters is 1. The van der Waals surface area contributed by atoms with Gasteiger partial charge in [0.1, 0.15) is 53.5 Å². The third-order valence-electron chi connectivity index (χ3n) is 8.83. The van der Waals surface area contributed by atoms with Crippen molar-refractivity contribution >= 4 is 23.0 Å². The zero-order chi connectivity index (χ0) is 39.0. The highest BCUT2D eigenvalue weighted by Crippen LogP contribution is 2.42. The van der Waals surface area contributed by atoms with Crippen molar-refractivity contribution in [2.24, 2.45) is 0 Å². The molecule has 0 amide bonds. The molecular formula is C36H37O18+. The van der Waals surface area contributed by atoms with E-state index in [0.717, 1.165) is 24.3 Å². The average Bonchev–Trinajstić information content (AvgIpc) is 3.13. The summed E-state index contributed by atoms with van der Waals surface area (Å²) < 4.78 is 34.1. The Balaban J connectivity index is 1.15. The van der Waals surface area contributed by atoms with E-state index in [4.69, 9.17) is 28.1 Å². The lowest BCUT2D eigenvalue weighted by molar-refractivity contribution is -0.319. The number of aliphatic hydroxyl groups is 5. The second kappa shape index (κ2) is 15.5. The maximum absolute atomic E-state index is 12.5. The van der Waals surface area contributed by atoms with Crippen LogP contribution >= 0.6 is 0 Å². The van der Waals surface area contributed by atoms with E-state index in [-0.39, 0.29) is 39.5 Å². The molecule has 0 radical (unpaired) electrons. The van der Waals surface area contributed by atoms with Crippen LogP contribution in [-0.2, 0) is 23.7 Å². The first kappa shape index (κ1) is 38.3. The van der Waals surface area contributed by atoms with Crippen molar-refractivity contribution in [1.29, 1.82) is 0 Å². The van der Waals surface area contributed by atoms with Crippen LogP contribution in [0.3, 0.4) is 0 Å². The van der Waals surface area contributed by atoms with Crippen molar-refractivity contribution in [3.8, 4) is 51.6 Å². The van der Waals surface area contributed by atoms with Crippen molar-refractivity contribution in [3.63, 3.8) is 0 Å². The van der Waals surface area contributed by atoms with Crippen molar-refractivity contribution in [2.75, 3.05) is 6.61 Å². The second-order valence-corrected chi connectivity index (χ2v) is 12.7. The van der Waals surface area contributed by atoms with Crippen molar-refractivity contribution in [1.82, 2.24) is 0 Å². The lowest BCUT2D eigenvalue weighted by Gasteiger charge is -2.42.